The Bertz CT molecular complexity index is 264. The highest BCUT2D eigenvalue weighted by atomic mass is 32.2. The average Bonchev–Trinajstić information content (AvgIpc) is 2.73. The molecule has 1 N–H and O–H groups in total. The summed E-state index contributed by atoms with van der Waals surface area (Å²) >= 11 is 1.98. The van der Waals surface area contributed by atoms with Gasteiger partial charge in [-0.2, -0.15) is 16.9 Å². The van der Waals surface area contributed by atoms with Crippen molar-refractivity contribution in [3.05, 3.63) is 12.7 Å². The average molecular weight is 213 g/mol. The van der Waals surface area contributed by atoms with E-state index >= 15 is 0 Å². The van der Waals surface area contributed by atoms with E-state index in [1.165, 1.54) is 0 Å². The van der Waals surface area contributed by atoms with Gasteiger partial charge in [-0.25, -0.2) is 9.67 Å². The van der Waals surface area contributed by atoms with E-state index in [0.717, 1.165) is 30.8 Å². The van der Waals surface area contributed by atoms with E-state index in [-0.39, 0.29) is 12.1 Å². The molecule has 0 aliphatic carbocycles. The summed E-state index contributed by atoms with van der Waals surface area (Å²) in [6.45, 7) is 0.227. The fourth-order valence-electron chi connectivity index (χ4n) is 2.01. The van der Waals surface area contributed by atoms with Crippen molar-refractivity contribution >= 4 is 11.8 Å². The second kappa shape index (κ2) is 4.31. The molecule has 0 aromatic carbocycles. The Hall–Kier alpha value is -0.550. The van der Waals surface area contributed by atoms with E-state index in [1.54, 1.807) is 12.7 Å². The van der Waals surface area contributed by atoms with Crippen LogP contribution in [0.2, 0.25) is 0 Å². The van der Waals surface area contributed by atoms with Crippen LogP contribution in [0.3, 0.4) is 0 Å². The van der Waals surface area contributed by atoms with Gasteiger partial charge in [0.15, 0.2) is 0 Å². The van der Waals surface area contributed by atoms with Gasteiger partial charge in [-0.3, -0.25) is 0 Å². The predicted molar refractivity (Wildman–Crippen MR) is 56.3 cm³/mol. The predicted octanol–water partition coefficient (Wildman–Crippen LogP) is 0.883. The zero-order valence-electron chi connectivity index (χ0n) is 8.09. The quantitative estimate of drug-likeness (QED) is 0.810. The molecule has 78 valence electrons. The fourth-order valence-corrected chi connectivity index (χ4v) is 3.26. The molecular formula is C9H15N3OS. The number of aliphatic hydroxyl groups excluding tert-OH is 1. The molecule has 1 fully saturated rings. The van der Waals surface area contributed by atoms with Gasteiger partial charge in [-0.05, 0) is 30.8 Å². The topological polar surface area (TPSA) is 50.9 Å². The number of hydrogen-bond acceptors (Lipinski definition) is 4. The van der Waals surface area contributed by atoms with Crippen LogP contribution in [0.25, 0.3) is 0 Å². The summed E-state index contributed by atoms with van der Waals surface area (Å²) in [4.78, 5) is 3.99. The SMILES string of the molecule is OCCC1(n2cncn2)CCSCC1. The Morgan fingerprint density at radius 1 is 1.43 bits per heavy atom. The second-order valence-electron chi connectivity index (χ2n) is 3.65. The van der Waals surface area contributed by atoms with E-state index in [1.807, 2.05) is 16.4 Å². The number of aromatic nitrogens is 3. The molecule has 1 aromatic heterocycles. The minimum atomic E-state index is 0.0243. The van der Waals surface area contributed by atoms with Crippen LogP contribution in [-0.4, -0.2) is 38.0 Å². The Labute approximate surface area is 87.7 Å². The van der Waals surface area contributed by atoms with Gasteiger partial charge >= 0.3 is 0 Å². The third-order valence-corrected chi connectivity index (χ3v) is 3.89. The molecule has 14 heavy (non-hydrogen) atoms. The molecular weight excluding hydrogens is 198 g/mol. The maximum absolute atomic E-state index is 9.11. The summed E-state index contributed by atoms with van der Waals surface area (Å²) in [6, 6.07) is 0. The minimum Gasteiger partial charge on any atom is -0.396 e. The summed E-state index contributed by atoms with van der Waals surface area (Å²) < 4.78 is 1.93. The largest absolute Gasteiger partial charge is 0.396 e. The molecule has 0 spiro atoms. The first-order valence-corrected chi connectivity index (χ1v) is 6.07. The van der Waals surface area contributed by atoms with Crippen LogP contribution in [0.4, 0.5) is 0 Å². The molecule has 0 amide bonds. The summed E-state index contributed by atoms with van der Waals surface area (Å²) in [5.74, 6) is 2.31. The van der Waals surface area contributed by atoms with Crippen molar-refractivity contribution in [1.29, 1.82) is 0 Å². The van der Waals surface area contributed by atoms with Crippen LogP contribution in [0.15, 0.2) is 12.7 Å². The monoisotopic (exact) mass is 213 g/mol. The molecule has 2 heterocycles. The fraction of sp³-hybridized carbons (Fsp3) is 0.778. The third kappa shape index (κ3) is 1.79. The van der Waals surface area contributed by atoms with Crippen molar-refractivity contribution in [3.63, 3.8) is 0 Å². The van der Waals surface area contributed by atoms with E-state index in [0.29, 0.717) is 0 Å². The second-order valence-corrected chi connectivity index (χ2v) is 4.88. The zero-order chi connectivity index (χ0) is 9.86. The first kappa shape index (κ1) is 9.98. The molecule has 2 rings (SSSR count). The highest BCUT2D eigenvalue weighted by Gasteiger charge is 2.34. The maximum Gasteiger partial charge on any atom is 0.137 e. The van der Waals surface area contributed by atoms with E-state index in [4.69, 9.17) is 5.11 Å². The van der Waals surface area contributed by atoms with Gasteiger partial charge in [0.05, 0.1) is 5.54 Å². The lowest BCUT2D eigenvalue weighted by Gasteiger charge is -2.36. The Morgan fingerprint density at radius 2 is 2.21 bits per heavy atom. The highest BCUT2D eigenvalue weighted by molar-refractivity contribution is 7.99. The Balaban J connectivity index is 2.20. The van der Waals surface area contributed by atoms with Crippen LogP contribution in [0.5, 0.6) is 0 Å². The van der Waals surface area contributed by atoms with Gasteiger partial charge in [0.1, 0.15) is 12.7 Å². The molecule has 0 bridgehead atoms. The summed E-state index contributed by atoms with van der Waals surface area (Å²) in [7, 11) is 0. The van der Waals surface area contributed by atoms with Crippen LogP contribution in [-0.2, 0) is 5.54 Å². The number of rotatable bonds is 3. The lowest BCUT2D eigenvalue weighted by atomic mass is 9.89. The van der Waals surface area contributed by atoms with Gasteiger partial charge in [-0.15, -0.1) is 0 Å². The van der Waals surface area contributed by atoms with Gasteiger partial charge in [0, 0.05) is 6.61 Å². The molecule has 1 aliphatic rings. The van der Waals surface area contributed by atoms with Crippen LogP contribution in [0.1, 0.15) is 19.3 Å². The highest BCUT2D eigenvalue weighted by Crippen LogP contribution is 2.35. The number of hydrogen-bond donors (Lipinski definition) is 1. The van der Waals surface area contributed by atoms with Crippen molar-refractivity contribution in [2.75, 3.05) is 18.1 Å². The molecule has 0 unspecified atom stereocenters. The molecule has 5 heteroatoms. The van der Waals surface area contributed by atoms with Crippen molar-refractivity contribution in [2.45, 2.75) is 24.8 Å². The number of nitrogens with zero attached hydrogens (tertiary/aromatic N) is 3. The molecule has 1 aromatic rings. The molecule has 0 atom stereocenters. The van der Waals surface area contributed by atoms with Gasteiger partial charge in [-0.1, -0.05) is 0 Å². The van der Waals surface area contributed by atoms with Gasteiger partial charge < -0.3 is 5.11 Å². The maximum atomic E-state index is 9.11. The first-order chi connectivity index (χ1) is 6.87. The smallest absolute Gasteiger partial charge is 0.137 e. The summed E-state index contributed by atoms with van der Waals surface area (Å²) in [5, 5.41) is 13.3. The van der Waals surface area contributed by atoms with Crippen molar-refractivity contribution < 1.29 is 5.11 Å². The zero-order valence-corrected chi connectivity index (χ0v) is 8.91. The van der Waals surface area contributed by atoms with Crippen molar-refractivity contribution in [2.24, 2.45) is 0 Å². The third-order valence-electron chi connectivity index (χ3n) is 2.91. The van der Waals surface area contributed by atoms with Gasteiger partial charge in [0.2, 0.25) is 0 Å². The van der Waals surface area contributed by atoms with E-state index in [2.05, 4.69) is 10.1 Å². The summed E-state index contributed by atoms with van der Waals surface area (Å²) in [5.41, 5.74) is 0.0243. The van der Waals surface area contributed by atoms with Crippen LogP contribution < -0.4 is 0 Å². The van der Waals surface area contributed by atoms with Gasteiger partial charge in [0.25, 0.3) is 0 Å². The molecule has 0 saturated carbocycles. The minimum absolute atomic E-state index is 0.0243. The van der Waals surface area contributed by atoms with Crippen LogP contribution >= 0.6 is 11.8 Å². The lowest BCUT2D eigenvalue weighted by Crippen LogP contribution is -2.38. The molecule has 1 saturated heterocycles. The lowest BCUT2D eigenvalue weighted by molar-refractivity contribution is 0.157. The molecule has 1 aliphatic heterocycles. The standard InChI is InChI=1S/C9H15N3OS/c13-4-1-9(2-5-14-6-3-9)12-8-10-7-11-12/h7-8,13H,1-6H2. The van der Waals surface area contributed by atoms with E-state index in [9.17, 15) is 0 Å². The first-order valence-electron chi connectivity index (χ1n) is 4.91. The summed E-state index contributed by atoms with van der Waals surface area (Å²) in [6.07, 6.45) is 6.30. The Morgan fingerprint density at radius 3 is 2.79 bits per heavy atom. The Kier molecular flexibility index (Phi) is 3.08. The van der Waals surface area contributed by atoms with Crippen molar-refractivity contribution in [1.82, 2.24) is 14.8 Å². The van der Waals surface area contributed by atoms with Crippen molar-refractivity contribution in [3.8, 4) is 0 Å². The van der Waals surface area contributed by atoms with Crippen LogP contribution in [0, 0.1) is 0 Å². The normalized spacial score (nSPS) is 20.9. The molecule has 0 radical (unpaired) electrons. The van der Waals surface area contributed by atoms with E-state index < -0.39 is 0 Å². The molecule has 4 nitrogen and oxygen atoms in total. The number of aliphatic hydroxyl groups is 1. The number of thioether (sulfide) groups is 1.